The number of para-hydroxylation sites is 2. The van der Waals surface area contributed by atoms with Crippen LogP contribution in [0.15, 0.2) is 24.3 Å². The second-order valence-corrected chi connectivity index (χ2v) is 5.82. The minimum atomic E-state index is -1.05. The maximum Gasteiger partial charge on any atom is 0.326 e. The number of anilines is 1. The summed E-state index contributed by atoms with van der Waals surface area (Å²) >= 11 is 0. The summed E-state index contributed by atoms with van der Waals surface area (Å²) in [6.45, 7) is 3.76. The number of carbonyl (C=O) groups is 3. The number of hydrogen-bond donors (Lipinski definition) is 2. The Labute approximate surface area is 140 Å². The summed E-state index contributed by atoms with van der Waals surface area (Å²) in [4.78, 5) is 36.9. The van der Waals surface area contributed by atoms with Gasteiger partial charge in [0, 0.05) is 13.0 Å². The highest BCUT2D eigenvalue weighted by Crippen LogP contribution is 2.31. The third kappa shape index (κ3) is 4.04. The molecular weight excluding hydrogens is 312 g/mol. The van der Waals surface area contributed by atoms with E-state index in [0.29, 0.717) is 17.9 Å². The SMILES string of the molecule is CC[C@H](C)[C@H](NC(=O)CCN1C(=O)COc2ccccc21)C(=O)O. The quantitative estimate of drug-likeness (QED) is 0.786. The van der Waals surface area contributed by atoms with Crippen LogP contribution in [0.3, 0.4) is 0 Å². The lowest BCUT2D eigenvalue weighted by Crippen LogP contribution is -2.46. The van der Waals surface area contributed by atoms with Crippen LogP contribution in [-0.4, -0.2) is 42.1 Å². The number of rotatable bonds is 7. The zero-order valence-corrected chi connectivity index (χ0v) is 13.8. The fourth-order valence-electron chi connectivity index (χ4n) is 2.54. The van der Waals surface area contributed by atoms with E-state index in [4.69, 9.17) is 4.74 Å². The summed E-state index contributed by atoms with van der Waals surface area (Å²) in [5, 5.41) is 11.8. The van der Waals surface area contributed by atoms with Crippen LogP contribution >= 0.6 is 0 Å². The maximum atomic E-state index is 12.1. The number of benzene rings is 1. The normalized spacial score (nSPS) is 15.9. The lowest BCUT2D eigenvalue weighted by atomic mass is 9.99. The van der Waals surface area contributed by atoms with Crippen molar-refractivity contribution in [1.82, 2.24) is 5.32 Å². The zero-order chi connectivity index (χ0) is 17.7. The predicted octanol–water partition coefficient (Wildman–Crippen LogP) is 1.42. The van der Waals surface area contributed by atoms with Gasteiger partial charge in [0.1, 0.15) is 11.8 Å². The van der Waals surface area contributed by atoms with E-state index >= 15 is 0 Å². The van der Waals surface area contributed by atoms with Gasteiger partial charge in [-0.15, -0.1) is 0 Å². The van der Waals surface area contributed by atoms with Crippen molar-refractivity contribution in [2.75, 3.05) is 18.1 Å². The van der Waals surface area contributed by atoms with E-state index in [1.807, 2.05) is 13.0 Å². The fourth-order valence-corrected chi connectivity index (χ4v) is 2.54. The summed E-state index contributed by atoms with van der Waals surface area (Å²) in [6, 6.07) is 6.19. The van der Waals surface area contributed by atoms with Gasteiger partial charge in [-0.3, -0.25) is 9.59 Å². The Balaban J connectivity index is 1.99. The third-order valence-corrected chi connectivity index (χ3v) is 4.17. The van der Waals surface area contributed by atoms with E-state index in [2.05, 4.69) is 5.32 Å². The van der Waals surface area contributed by atoms with Gasteiger partial charge in [-0.2, -0.15) is 0 Å². The van der Waals surface area contributed by atoms with E-state index in [0.717, 1.165) is 0 Å². The number of carboxylic acid groups (broad SMARTS) is 1. The Kier molecular flexibility index (Phi) is 5.78. The first kappa shape index (κ1) is 17.8. The molecule has 7 heteroatoms. The monoisotopic (exact) mass is 334 g/mol. The molecule has 1 aliphatic rings. The number of hydrogen-bond acceptors (Lipinski definition) is 4. The molecule has 0 aliphatic carbocycles. The molecular formula is C17H22N2O5. The van der Waals surface area contributed by atoms with Crippen molar-refractivity contribution in [3.8, 4) is 5.75 Å². The van der Waals surface area contributed by atoms with E-state index in [1.165, 1.54) is 4.90 Å². The van der Waals surface area contributed by atoms with Crippen molar-refractivity contribution >= 4 is 23.5 Å². The average molecular weight is 334 g/mol. The minimum Gasteiger partial charge on any atom is -0.482 e. The van der Waals surface area contributed by atoms with Crippen molar-refractivity contribution in [3.63, 3.8) is 0 Å². The Hall–Kier alpha value is -2.57. The van der Waals surface area contributed by atoms with Crippen molar-refractivity contribution in [2.24, 2.45) is 5.92 Å². The highest BCUT2D eigenvalue weighted by molar-refractivity contribution is 5.98. The molecule has 1 heterocycles. The van der Waals surface area contributed by atoms with Gasteiger partial charge in [-0.05, 0) is 18.1 Å². The number of carboxylic acids is 1. The lowest BCUT2D eigenvalue weighted by molar-refractivity contribution is -0.143. The van der Waals surface area contributed by atoms with E-state index < -0.39 is 12.0 Å². The number of amides is 2. The van der Waals surface area contributed by atoms with Crippen molar-refractivity contribution in [3.05, 3.63) is 24.3 Å². The number of nitrogens with zero attached hydrogens (tertiary/aromatic N) is 1. The molecule has 0 aromatic heterocycles. The van der Waals surface area contributed by atoms with Crippen molar-refractivity contribution in [1.29, 1.82) is 0 Å². The summed E-state index contributed by atoms with van der Waals surface area (Å²) in [6.07, 6.45) is 0.673. The molecule has 130 valence electrons. The Bertz CT molecular complexity index is 631. The molecule has 1 aliphatic heterocycles. The van der Waals surface area contributed by atoms with Crippen molar-refractivity contribution in [2.45, 2.75) is 32.7 Å². The smallest absolute Gasteiger partial charge is 0.326 e. The van der Waals surface area contributed by atoms with Gasteiger partial charge in [0.2, 0.25) is 5.91 Å². The summed E-state index contributed by atoms with van der Waals surface area (Å²) in [5.74, 6) is -1.24. The lowest BCUT2D eigenvalue weighted by Gasteiger charge is -2.29. The van der Waals surface area contributed by atoms with Gasteiger partial charge in [0.05, 0.1) is 5.69 Å². The van der Waals surface area contributed by atoms with Gasteiger partial charge in [0.15, 0.2) is 6.61 Å². The molecule has 0 bridgehead atoms. The van der Waals surface area contributed by atoms with Crippen LogP contribution in [0.4, 0.5) is 5.69 Å². The Morgan fingerprint density at radius 2 is 2.08 bits per heavy atom. The van der Waals surface area contributed by atoms with Crippen LogP contribution in [-0.2, 0) is 14.4 Å². The third-order valence-electron chi connectivity index (χ3n) is 4.17. The summed E-state index contributed by atoms with van der Waals surface area (Å²) < 4.78 is 5.35. The first-order valence-electron chi connectivity index (χ1n) is 7.98. The van der Waals surface area contributed by atoms with Gasteiger partial charge in [-0.25, -0.2) is 4.79 Å². The van der Waals surface area contributed by atoms with Gasteiger partial charge < -0.3 is 20.1 Å². The number of carbonyl (C=O) groups excluding carboxylic acids is 2. The van der Waals surface area contributed by atoms with Crippen LogP contribution < -0.4 is 15.0 Å². The highest BCUT2D eigenvalue weighted by atomic mass is 16.5. The van der Waals surface area contributed by atoms with Gasteiger partial charge >= 0.3 is 5.97 Å². The number of nitrogens with one attached hydrogen (secondary N) is 1. The molecule has 0 saturated carbocycles. The molecule has 0 fully saturated rings. The largest absolute Gasteiger partial charge is 0.482 e. The van der Waals surface area contributed by atoms with Crippen LogP contribution in [0.2, 0.25) is 0 Å². The number of ether oxygens (including phenoxy) is 1. The van der Waals surface area contributed by atoms with Gasteiger partial charge in [-0.1, -0.05) is 32.4 Å². The number of fused-ring (bicyclic) bond motifs is 1. The minimum absolute atomic E-state index is 0.0281. The Morgan fingerprint density at radius 3 is 2.75 bits per heavy atom. The van der Waals surface area contributed by atoms with E-state index in [-0.39, 0.29) is 37.3 Å². The first-order valence-corrected chi connectivity index (χ1v) is 7.98. The molecule has 2 atom stereocenters. The predicted molar refractivity (Wildman–Crippen MR) is 87.9 cm³/mol. The first-order chi connectivity index (χ1) is 11.4. The molecule has 0 unspecified atom stereocenters. The maximum absolute atomic E-state index is 12.1. The molecule has 0 saturated heterocycles. The molecule has 0 spiro atoms. The molecule has 24 heavy (non-hydrogen) atoms. The zero-order valence-electron chi connectivity index (χ0n) is 13.8. The second kappa shape index (κ2) is 7.81. The van der Waals surface area contributed by atoms with Crippen LogP contribution in [0.1, 0.15) is 26.7 Å². The molecule has 1 aromatic rings. The van der Waals surface area contributed by atoms with E-state index in [1.54, 1.807) is 25.1 Å². The van der Waals surface area contributed by atoms with Crippen LogP contribution in [0, 0.1) is 5.92 Å². The Morgan fingerprint density at radius 1 is 1.38 bits per heavy atom. The molecule has 2 amide bonds. The second-order valence-electron chi connectivity index (χ2n) is 5.82. The molecule has 2 rings (SSSR count). The molecule has 0 radical (unpaired) electrons. The van der Waals surface area contributed by atoms with Crippen LogP contribution in [0.25, 0.3) is 0 Å². The average Bonchev–Trinajstić information content (AvgIpc) is 2.57. The molecule has 7 nitrogen and oxygen atoms in total. The van der Waals surface area contributed by atoms with E-state index in [9.17, 15) is 19.5 Å². The summed E-state index contributed by atoms with van der Waals surface area (Å²) in [7, 11) is 0. The highest BCUT2D eigenvalue weighted by Gasteiger charge is 2.28. The molecule has 2 N–H and O–H groups in total. The fraction of sp³-hybridized carbons (Fsp3) is 0.471. The van der Waals surface area contributed by atoms with Crippen molar-refractivity contribution < 1.29 is 24.2 Å². The van der Waals surface area contributed by atoms with Gasteiger partial charge in [0.25, 0.3) is 5.91 Å². The number of aliphatic carboxylic acids is 1. The van der Waals surface area contributed by atoms with Crippen LogP contribution in [0.5, 0.6) is 5.75 Å². The molecule has 1 aromatic carbocycles. The topological polar surface area (TPSA) is 95.9 Å². The summed E-state index contributed by atoms with van der Waals surface area (Å²) in [5.41, 5.74) is 0.623. The standard InChI is InChI=1S/C17H22N2O5/c1-3-11(2)16(17(22)23)18-14(20)8-9-19-12-6-4-5-7-13(12)24-10-15(19)21/h4-7,11,16H,3,8-10H2,1-2H3,(H,18,20)(H,22,23)/t11-,16-/m0/s1.